The molecule has 1 N–H and O–H groups in total. The highest BCUT2D eigenvalue weighted by Crippen LogP contribution is 2.33. The SMILES string of the molecule is CCc1c(Cc2ccc3c(c2)OCO3)[nH]c(=S)n(CCN2C(=O)c3ccccc3C2=O)c1=O. The molecule has 2 aliphatic rings. The van der Waals surface area contributed by atoms with Crippen LogP contribution in [0.5, 0.6) is 11.5 Å². The van der Waals surface area contributed by atoms with E-state index in [9.17, 15) is 14.4 Å². The largest absolute Gasteiger partial charge is 0.454 e. The first kappa shape index (κ1) is 21.1. The summed E-state index contributed by atoms with van der Waals surface area (Å²) in [5, 5.41) is 0. The van der Waals surface area contributed by atoms with Crippen molar-refractivity contribution in [3.63, 3.8) is 0 Å². The summed E-state index contributed by atoms with van der Waals surface area (Å²) in [5.74, 6) is 0.673. The van der Waals surface area contributed by atoms with E-state index in [0.29, 0.717) is 41.0 Å². The lowest BCUT2D eigenvalue weighted by Crippen LogP contribution is -2.36. The van der Waals surface area contributed by atoms with Gasteiger partial charge in [0.1, 0.15) is 0 Å². The fourth-order valence-electron chi connectivity index (χ4n) is 4.27. The molecule has 0 unspecified atom stereocenters. The number of hydrogen-bond donors (Lipinski definition) is 1. The maximum absolute atomic E-state index is 13.2. The van der Waals surface area contributed by atoms with Gasteiger partial charge < -0.3 is 14.5 Å². The molecule has 0 saturated heterocycles. The maximum atomic E-state index is 13.2. The lowest BCUT2D eigenvalue weighted by Gasteiger charge is -2.17. The first-order valence-electron chi connectivity index (χ1n) is 10.7. The summed E-state index contributed by atoms with van der Waals surface area (Å²) in [7, 11) is 0. The predicted molar refractivity (Wildman–Crippen MR) is 122 cm³/mol. The molecule has 9 heteroatoms. The zero-order valence-corrected chi connectivity index (χ0v) is 18.7. The summed E-state index contributed by atoms with van der Waals surface area (Å²) >= 11 is 5.47. The number of ether oxygens (including phenoxy) is 2. The monoisotopic (exact) mass is 463 g/mol. The smallest absolute Gasteiger partial charge is 0.261 e. The second kappa shape index (κ2) is 8.32. The van der Waals surface area contributed by atoms with Crippen LogP contribution in [0.4, 0.5) is 0 Å². The fourth-order valence-corrected chi connectivity index (χ4v) is 4.57. The standard InChI is InChI=1S/C24H21N3O5S/c1-2-15-18(11-14-7-8-19-20(12-14)32-13-31-19)25-24(33)27(21(15)28)10-9-26-22(29)16-5-3-4-6-17(16)23(26)30/h3-8,12H,2,9-11,13H2,1H3,(H,25,33). The van der Waals surface area contributed by atoms with E-state index in [-0.39, 0.29) is 42.0 Å². The van der Waals surface area contributed by atoms with Crippen molar-refractivity contribution in [1.82, 2.24) is 14.5 Å². The van der Waals surface area contributed by atoms with Gasteiger partial charge in [-0.25, -0.2) is 0 Å². The second-order valence-electron chi connectivity index (χ2n) is 7.87. The number of hydrogen-bond acceptors (Lipinski definition) is 6. The molecule has 3 heterocycles. The van der Waals surface area contributed by atoms with E-state index in [1.807, 2.05) is 25.1 Å². The number of rotatable bonds is 6. The van der Waals surface area contributed by atoms with Crippen molar-refractivity contribution in [2.75, 3.05) is 13.3 Å². The minimum atomic E-state index is -0.353. The van der Waals surface area contributed by atoms with E-state index in [4.69, 9.17) is 21.7 Å². The summed E-state index contributed by atoms with van der Waals surface area (Å²) in [4.78, 5) is 42.8. The van der Waals surface area contributed by atoms with E-state index < -0.39 is 0 Å². The number of H-pyrrole nitrogens is 1. The second-order valence-corrected chi connectivity index (χ2v) is 8.26. The molecule has 0 radical (unpaired) electrons. The Bertz CT molecular complexity index is 1370. The molecule has 2 amide bonds. The van der Waals surface area contributed by atoms with Crippen LogP contribution < -0.4 is 15.0 Å². The number of aromatic amines is 1. The number of fused-ring (bicyclic) bond motifs is 2. The third-order valence-electron chi connectivity index (χ3n) is 5.97. The first-order chi connectivity index (χ1) is 16.0. The lowest BCUT2D eigenvalue weighted by atomic mass is 10.0. The van der Waals surface area contributed by atoms with Crippen molar-refractivity contribution < 1.29 is 19.1 Å². The number of benzene rings is 2. The van der Waals surface area contributed by atoms with E-state index >= 15 is 0 Å². The summed E-state index contributed by atoms with van der Waals surface area (Å²) in [5.41, 5.74) is 2.87. The van der Waals surface area contributed by atoms with Crippen LogP contribution in [0.15, 0.2) is 47.3 Å². The molecule has 8 nitrogen and oxygen atoms in total. The Morgan fingerprint density at radius 3 is 2.36 bits per heavy atom. The van der Waals surface area contributed by atoms with Crippen LogP contribution in [-0.2, 0) is 19.4 Å². The van der Waals surface area contributed by atoms with Crippen LogP contribution >= 0.6 is 12.2 Å². The van der Waals surface area contributed by atoms with Crippen LogP contribution in [0.25, 0.3) is 0 Å². The lowest BCUT2D eigenvalue weighted by molar-refractivity contribution is 0.0648. The van der Waals surface area contributed by atoms with Gasteiger partial charge in [-0.2, -0.15) is 0 Å². The number of imide groups is 1. The number of nitrogens with zero attached hydrogens (tertiary/aromatic N) is 2. The van der Waals surface area contributed by atoms with Crippen molar-refractivity contribution in [2.45, 2.75) is 26.3 Å². The Hall–Kier alpha value is -3.72. The van der Waals surface area contributed by atoms with E-state index in [0.717, 1.165) is 16.2 Å². The predicted octanol–water partition coefficient (Wildman–Crippen LogP) is 3.08. The van der Waals surface area contributed by atoms with Gasteiger partial charge in [0.05, 0.1) is 11.1 Å². The van der Waals surface area contributed by atoms with Crippen molar-refractivity contribution in [3.8, 4) is 11.5 Å². The summed E-state index contributed by atoms with van der Waals surface area (Å²) in [6, 6.07) is 12.4. The third kappa shape index (κ3) is 3.64. The highest BCUT2D eigenvalue weighted by Gasteiger charge is 2.34. The van der Waals surface area contributed by atoms with Crippen LogP contribution in [0.2, 0.25) is 0 Å². The summed E-state index contributed by atoms with van der Waals surface area (Å²) in [6.45, 7) is 2.29. The van der Waals surface area contributed by atoms with E-state index in [2.05, 4.69) is 4.98 Å². The van der Waals surface area contributed by atoms with Gasteiger partial charge >= 0.3 is 0 Å². The molecule has 0 atom stereocenters. The van der Waals surface area contributed by atoms with Gasteiger partial charge in [-0.3, -0.25) is 23.9 Å². The van der Waals surface area contributed by atoms with Crippen molar-refractivity contribution in [2.24, 2.45) is 0 Å². The molecule has 33 heavy (non-hydrogen) atoms. The van der Waals surface area contributed by atoms with Gasteiger partial charge in [0.2, 0.25) is 6.79 Å². The summed E-state index contributed by atoms with van der Waals surface area (Å²) < 4.78 is 12.5. The molecule has 5 rings (SSSR count). The van der Waals surface area contributed by atoms with Crippen LogP contribution in [0.3, 0.4) is 0 Å². The molecule has 1 aromatic heterocycles. The number of carbonyl (C=O) groups excluding carboxylic acids is 2. The molecule has 168 valence electrons. The van der Waals surface area contributed by atoms with Crippen molar-refractivity contribution >= 4 is 24.0 Å². The molecule has 0 spiro atoms. The molecule has 0 aliphatic carbocycles. The molecule has 0 fully saturated rings. The van der Waals surface area contributed by atoms with Gasteiger partial charge in [0, 0.05) is 30.8 Å². The average Bonchev–Trinajstić information content (AvgIpc) is 3.37. The molecule has 0 bridgehead atoms. The number of nitrogens with one attached hydrogen (secondary N) is 1. The Morgan fingerprint density at radius 2 is 1.67 bits per heavy atom. The Morgan fingerprint density at radius 1 is 0.970 bits per heavy atom. The number of amides is 2. The van der Waals surface area contributed by atoms with Crippen LogP contribution in [0.1, 0.15) is 44.5 Å². The minimum Gasteiger partial charge on any atom is -0.454 e. The quantitative estimate of drug-likeness (QED) is 0.446. The van der Waals surface area contributed by atoms with Crippen molar-refractivity contribution in [3.05, 3.63) is 85.5 Å². The van der Waals surface area contributed by atoms with Gasteiger partial charge in [-0.15, -0.1) is 0 Å². The van der Waals surface area contributed by atoms with E-state index in [1.165, 1.54) is 4.57 Å². The molecule has 3 aromatic rings. The summed E-state index contributed by atoms with van der Waals surface area (Å²) in [6.07, 6.45) is 0.996. The number of aromatic nitrogens is 2. The van der Waals surface area contributed by atoms with Gasteiger partial charge in [-0.05, 0) is 48.5 Å². The Kier molecular flexibility index (Phi) is 5.33. The molecular formula is C24H21N3O5S. The zero-order valence-electron chi connectivity index (χ0n) is 17.9. The highest BCUT2D eigenvalue weighted by atomic mass is 32.1. The number of carbonyl (C=O) groups is 2. The molecule has 0 saturated carbocycles. The Labute approximate surface area is 194 Å². The van der Waals surface area contributed by atoms with Crippen molar-refractivity contribution in [1.29, 1.82) is 0 Å². The maximum Gasteiger partial charge on any atom is 0.261 e. The topological polar surface area (TPSA) is 93.6 Å². The van der Waals surface area contributed by atoms with Gasteiger partial charge in [0.15, 0.2) is 16.3 Å². The van der Waals surface area contributed by atoms with E-state index in [1.54, 1.807) is 24.3 Å². The molecule has 2 aliphatic heterocycles. The Balaban J connectivity index is 1.40. The zero-order chi connectivity index (χ0) is 23.1. The van der Waals surface area contributed by atoms with Gasteiger partial charge in [0.25, 0.3) is 17.4 Å². The van der Waals surface area contributed by atoms with Gasteiger partial charge in [-0.1, -0.05) is 25.1 Å². The fraction of sp³-hybridized carbons (Fsp3) is 0.250. The first-order valence-corrected chi connectivity index (χ1v) is 11.1. The van der Waals surface area contributed by atoms with Crippen LogP contribution in [-0.4, -0.2) is 39.6 Å². The van der Waals surface area contributed by atoms with Crippen LogP contribution in [0, 0.1) is 4.77 Å². The molecular weight excluding hydrogens is 442 g/mol. The third-order valence-corrected chi connectivity index (χ3v) is 6.29. The normalized spacial score (nSPS) is 14.2. The highest BCUT2D eigenvalue weighted by molar-refractivity contribution is 7.71. The minimum absolute atomic E-state index is 0.0639. The average molecular weight is 464 g/mol. The molecule has 2 aromatic carbocycles.